The Labute approximate surface area is 105 Å². The highest BCUT2D eigenvalue weighted by Crippen LogP contribution is 2.62. The minimum atomic E-state index is -3.41. The predicted octanol–water partition coefficient (Wildman–Crippen LogP) is 0.307. The van der Waals surface area contributed by atoms with Gasteiger partial charge in [0.1, 0.15) is 5.82 Å². The summed E-state index contributed by atoms with van der Waals surface area (Å²) in [5, 5.41) is 17.9. The molecule has 0 saturated heterocycles. The van der Waals surface area contributed by atoms with Crippen molar-refractivity contribution in [1.82, 2.24) is 0 Å². The van der Waals surface area contributed by atoms with Crippen LogP contribution in [0.15, 0.2) is 24.3 Å². The minimum absolute atomic E-state index is 0.442. The van der Waals surface area contributed by atoms with E-state index in [-0.39, 0.29) is 0 Å². The maximum Gasteiger partial charge on any atom is 0.151 e. The van der Waals surface area contributed by atoms with Gasteiger partial charge in [0.05, 0.1) is 18.5 Å². The van der Waals surface area contributed by atoms with Crippen molar-refractivity contribution >= 4 is 9.84 Å². The molecule has 2 rings (SSSR count). The van der Waals surface area contributed by atoms with E-state index in [1.54, 1.807) is 6.07 Å². The van der Waals surface area contributed by atoms with Crippen molar-refractivity contribution in [3.63, 3.8) is 0 Å². The van der Waals surface area contributed by atoms with Crippen LogP contribution in [-0.4, -0.2) is 43.4 Å². The zero-order valence-electron chi connectivity index (χ0n) is 9.88. The van der Waals surface area contributed by atoms with E-state index in [1.807, 2.05) is 0 Å². The number of benzene rings is 1. The van der Waals surface area contributed by atoms with E-state index in [0.29, 0.717) is 5.56 Å². The van der Waals surface area contributed by atoms with Gasteiger partial charge in [0.2, 0.25) is 0 Å². The fourth-order valence-corrected chi connectivity index (χ4v) is 4.75. The van der Waals surface area contributed by atoms with E-state index < -0.39 is 45.5 Å². The van der Waals surface area contributed by atoms with Crippen LogP contribution in [0.2, 0.25) is 0 Å². The third kappa shape index (κ3) is 1.94. The summed E-state index contributed by atoms with van der Waals surface area (Å²) in [7, 11) is -3.41. The van der Waals surface area contributed by atoms with Crippen molar-refractivity contribution < 1.29 is 23.0 Å². The van der Waals surface area contributed by atoms with Gasteiger partial charge in [-0.1, -0.05) is 12.1 Å². The SMILES string of the molecule is CS(=O)(=O)[C@@H]1[C@@H](c2cccc(F)c2)C1(CO)CO. The standard InChI is InChI=1S/C12H15FO4S/c1-18(16,17)11-10(12(11,6-14)7-15)8-3-2-4-9(13)5-8/h2-5,10-11,14-15H,6-7H2,1H3/t10-,11-/m1/s1. The second-order valence-electron chi connectivity index (χ2n) is 4.83. The molecule has 0 radical (unpaired) electrons. The first-order valence-corrected chi connectivity index (χ1v) is 7.48. The van der Waals surface area contributed by atoms with Gasteiger partial charge in [-0.25, -0.2) is 12.8 Å². The number of rotatable bonds is 4. The van der Waals surface area contributed by atoms with Gasteiger partial charge in [-0.05, 0) is 17.7 Å². The molecule has 1 fully saturated rings. The quantitative estimate of drug-likeness (QED) is 0.828. The van der Waals surface area contributed by atoms with E-state index in [9.17, 15) is 23.0 Å². The lowest BCUT2D eigenvalue weighted by Crippen LogP contribution is -2.22. The Hall–Kier alpha value is -0.980. The Morgan fingerprint density at radius 1 is 1.33 bits per heavy atom. The molecular weight excluding hydrogens is 259 g/mol. The van der Waals surface area contributed by atoms with Gasteiger partial charge in [0.15, 0.2) is 9.84 Å². The second kappa shape index (κ2) is 4.29. The highest BCUT2D eigenvalue weighted by Gasteiger charge is 2.69. The molecule has 0 amide bonds. The summed E-state index contributed by atoms with van der Waals surface area (Å²) in [4.78, 5) is 0. The first-order chi connectivity index (χ1) is 8.36. The number of halogens is 1. The fraction of sp³-hybridized carbons (Fsp3) is 0.500. The molecule has 18 heavy (non-hydrogen) atoms. The summed E-state index contributed by atoms with van der Waals surface area (Å²) in [5.41, 5.74) is -0.602. The number of hydrogen-bond donors (Lipinski definition) is 2. The van der Waals surface area contributed by atoms with Gasteiger partial charge in [0.25, 0.3) is 0 Å². The van der Waals surface area contributed by atoms with E-state index in [2.05, 4.69) is 0 Å². The van der Waals surface area contributed by atoms with Crippen LogP contribution >= 0.6 is 0 Å². The normalized spacial score (nSPS) is 26.0. The van der Waals surface area contributed by atoms with Crippen LogP contribution < -0.4 is 0 Å². The highest BCUT2D eigenvalue weighted by molar-refractivity contribution is 7.91. The fourth-order valence-electron chi connectivity index (χ4n) is 2.76. The zero-order valence-corrected chi connectivity index (χ0v) is 10.7. The van der Waals surface area contributed by atoms with Gasteiger partial charge in [-0.15, -0.1) is 0 Å². The first-order valence-electron chi connectivity index (χ1n) is 5.53. The van der Waals surface area contributed by atoms with Crippen LogP contribution in [0.5, 0.6) is 0 Å². The lowest BCUT2D eigenvalue weighted by molar-refractivity contribution is 0.130. The average molecular weight is 274 g/mol. The van der Waals surface area contributed by atoms with Crippen LogP contribution in [0, 0.1) is 11.2 Å². The predicted molar refractivity (Wildman–Crippen MR) is 64.4 cm³/mol. The molecule has 2 N–H and O–H groups in total. The third-order valence-electron chi connectivity index (χ3n) is 3.64. The van der Waals surface area contributed by atoms with Crippen molar-refractivity contribution in [2.24, 2.45) is 5.41 Å². The monoisotopic (exact) mass is 274 g/mol. The number of sulfone groups is 1. The lowest BCUT2D eigenvalue weighted by atomic mass is 10.0. The Morgan fingerprint density at radius 2 is 1.94 bits per heavy atom. The Balaban J connectivity index is 2.45. The van der Waals surface area contributed by atoms with Crippen molar-refractivity contribution in [2.45, 2.75) is 11.2 Å². The number of hydrogen-bond acceptors (Lipinski definition) is 4. The van der Waals surface area contributed by atoms with E-state index in [4.69, 9.17) is 0 Å². The summed E-state index contributed by atoms with van der Waals surface area (Å²) in [6.45, 7) is -0.884. The summed E-state index contributed by atoms with van der Waals surface area (Å²) < 4.78 is 36.5. The van der Waals surface area contributed by atoms with Crippen LogP contribution in [-0.2, 0) is 9.84 Å². The second-order valence-corrected chi connectivity index (χ2v) is 7.00. The van der Waals surface area contributed by atoms with Crippen molar-refractivity contribution in [2.75, 3.05) is 19.5 Å². The largest absolute Gasteiger partial charge is 0.396 e. The molecular formula is C12H15FO4S. The highest BCUT2D eigenvalue weighted by atomic mass is 32.2. The molecule has 1 aromatic carbocycles. The van der Waals surface area contributed by atoms with Crippen LogP contribution in [0.1, 0.15) is 11.5 Å². The molecule has 4 nitrogen and oxygen atoms in total. The molecule has 6 heteroatoms. The Morgan fingerprint density at radius 3 is 2.33 bits per heavy atom. The number of aliphatic hydroxyl groups is 2. The smallest absolute Gasteiger partial charge is 0.151 e. The van der Waals surface area contributed by atoms with Gasteiger partial charge in [-0.2, -0.15) is 0 Å². The Kier molecular flexibility index (Phi) is 3.21. The molecule has 1 saturated carbocycles. The third-order valence-corrected chi connectivity index (χ3v) is 5.30. The summed E-state index contributed by atoms with van der Waals surface area (Å²) in [5.74, 6) is -1.02. The minimum Gasteiger partial charge on any atom is -0.396 e. The molecule has 0 aromatic heterocycles. The number of aliphatic hydroxyl groups excluding tert-OH is 2. The van der Waals surface area contributed by atoms with Gasteiger partial charge < -0.3 is 10.2 Å². The molecule has 0 unspecified atom stereocenters. The zero-order chi connectivity index (χ0) is 13.6. The molecule has 0 spiro atoms. The van der Waals surface area contributed by atoms with Gasteiger partial charge >= 0.3 is 0 Å². The summed E-state index contributed by atoms with van der Waals surface area (Å²) in [6.07, 6.45) is 1.07. The van der Waals surface area contributed by atoms with Gasteiger partial charge in [-0.3, -0.25) is 0 Å². The maximum atomic E-state index is 13.2. The average Bonchev–Trinajstić information content (AvgIpc) is 2.98. The topological polar surface area (TPSA) is 74.6 Å². The lowest BCUT2D eigenvalue weighted by Gasteiger charge is -2.10. The first kappa shape index (κ1) is 13.5. The van der Waals surface area contributed by atoms with Crippen molar-refractivity contribution in [1.29, 1.82) is 0 Å². The molecule has 1 aliphatic rings. The molecule has 100 valence electrons. The maximum absolute atomic E-state index is 13.2. The Bertz CT molecular complexity index is 551. The van der Waals surface area contributed by atoms with Crippen LogP contribution in [0.3, 0.4) is 0 Å². The van der Waals surface area contributed by atoms with E-state index in [0.717, 1.165) is 6.26 Å². The van der Waals surface area contributed by atoms with E-state index in [1.165, 1.54) is 18.2 Å². The van der Waals surface area contributed by atoms with Crippen molar-refractivity contribution in [3.05, 3.63) is 35.6 Å². The molecule has 0 heterocycles. The molecule has 1 aromatic rings. The van der Waals surface area contributed by atoms with Crippen LogP contribution in [0.25, 0.3) is 0 Å². The van der Waals surface area contributed by atoms with Gasteiger partial charge in [0, 0.05) is 17.6 Å². The van der Waals surface area contributed by atoms with Crippen molar-refractivity contribution in [3.8, 4) is 0 Å². The summed E-state index contributed by atoms with van der Waals surface area (Å²) >= 11 is 0. The molecule has 1 aliphatic carbocycles. The molecule has 2 atom stereocenters. The molecule has 0 aliphatic heterocycles. The van der Waals surface area contributed by atoms with E-state index >= 15 is 0 Å². The van der Waals surface area contributed by atoms with Crippen LogP contribution in [0.4, 0.5) is 4.39 Å². The summed E-state index contributed by atoms with van der Waals surface area (Å²) in [6, 6.07) is 5.61. The molecule has 0 bridgehead atoms.